The van der Waals surface area contributed by atoms with Crippen LogP contribution in [-0.4, -0.2) is 32.6 Å². The number of carbonyl (C=O) groups is 1. The van der Waals surface area contributed by atoms with Crippen molar-refractivity contribution in [2.75, 3.05) is 23.3 Å². The second kappa shape index (κ2) is 10.8. The van der Waals surface area contributed by atoms with Gasteiger partial charge in [0.15, 0.2) is 0 Å². The van der Waals surface area contributed by atoms with Crippen molar-refractivity contribution in [3.63, 3.8) is 0 Å². The normalized spacial score (nSPS) is 14.5. The minimum absolute atomic E-state index is 0.0379. The summed E-state index contributed by atoms with van der Waals surface area (Å²) in [7, 11) is -2.07. The number of amides is 1. The molecule has 33 heavy (non-hydrogen) atoms. The molecule has 1 amide bonds. The molecule has 0 aliphatic rings. The van der Waals surface area contributed by atoms with Crippen LogP contribution in [0.3, 0.4) is 0 Å². The van der Waals surface area contributed by atoms with Gasteiger partial charge in [-0.2, -0.15) is 0 Å². The number of aryl methyl sites for hydroxylation is 1. The number of benzene rings is 2. The van der Waals surface area contributed by atoms with Crippen LogP contribution >= 0.6 is 9.24 Å². The SMILES string of the molecule is CCOc1cc(NC(=O)[C@@H](CO)C(C)C)ccc1S(=O)(=O)Nc1cccc(C)c1C(C)(F)P. The lowest BCUT2D eigenvalue weighted by molar-refractivity contribution is -0.122. The Morgan fingerprint density at radius 2 is 1.94 bits per heavy atom. The molecular formula is C23H32FN2O5PS. The van der Waals surface area contributed by atoms with Gasteiger partial charge in [-0.1, -0.05) is 35.2 Å². The zero-order chi connectivity index (χ0) is 25.0. The molecule has 0 aliphatic heterocycles. The Hall–Kier alpha value is -2.22. The van der Waals surface area contributed by atoms with Gasteiger partial charge < -0.3 is 15.2 Å². The number of alkyl halides is 1. The largest absolute Gasteiger partial charge is 0.492 e. The highest BCUT2D eigenvalue weighted by Gasteiger charge is 2.29. The molecule has 10 heteroatoms. The third-order valence-electron chi connectivity index (χ3n) is 5.14. The molecule has 0 radical (unpaired) electrons. The molecule has 3 atom stereocenters. The van der Waals surface area contributed by atoms with Crippen molar-refractivity contribution in [3.8, 4) is 5.75 Å². The number of aliphatic hydroxyl groups excluding tert-OH is 1. The number of rotatable bonds is 10. The Morgan fingerprint density at radius 3 is 2.48 bits per heavy atom. The first-order valence-corrected chi connectivity index (χ1v) is 12.7. The van der Waals surface area contributed by atoms with E-state index in [2.05, 4.69) is 19.3 Å². The van der Waals surface area contributed by atoms with Crippen LogP contribution in [0.2, 0.25) is 0 Å². The van der Waals surface area contributed by atoms with Crippen molar-refractivity contribution in [1.82, 2.24) is 0 Å². The van der Waals surface area contributed by atoms with Crippen LogP contribution in [0.25, 0.3) is 0 Å². The average molecular weight is 499 g/mol. The maximum absolute atomic E-state index is 14.8. The number of carbonyl (C=O) groups excluding carboxylic acids is 1. The highest BCUT2D eigenvalue weighted by atomic mass is 32.2. The fraction of sp³-hybridized carbons (Fsp3) is 0.435. The Labute approximate surface area is 197 Å². The molecule has 0 saturated carbocycles. The quantitative estimate of drug-likeness (QED) is 0.421. The van der Waals surface area contributed by atoms with E-state index in [1.165, 1.54) is 31.2 Å². The molecule has 0 aliphatic carbocycles. The summed E-state index contributed by atoms with van der Waals surface area (Å²) in [5.74, 6) is -1.02. The summed E-state index contributed by atoms with van der Waals surface area (Å²) in [5, 5.41) is 10.3. The van der Waals surface area contributed by atoms with Crippen molar-refractivity contribution in [2.24, 2.45) is 11.8 Å². The van der Waals surface area contributed by atoms with Gasteiger partial charge in [0.25, 0.3) is 10.0 Å². The van der Waals surface area contributed by atoms with Crippen molar-refractivity contribution in [1.29, 1.82) is 0 Å². The monoisotopic (exact) mass is 498 g/mol. The van der Waals surface area contributed by atoms with Crippen LogP contribution in [-0.2, 0) is 20.2 Å². The Balaban J connectivity index is 2.44. The first kappa shape index (κ1) is 27.0. The lowest BCUT2D eigenvalue weighted by atomic mass is 9.96. The lowest BCUT2D eigenvalue weighted by Crippen LogP contribution is -2.29. The third-order valence-corrected chi connectivity index (χ3v) is 6.84. The number of hydrogen-bond donors (Lipinski definition) is 3. The minimum atomic E-state index is -4.15. The van der Waals surface area contributed by atoms with E-state index >= 15 is 0 Å². The zero-order valence-corrected chi connectivity index (χ0v) is 21.4. The molecular weight excluding hydrogens is 466 g/mol. The first-order valence-electron chi connectivity index (χ1n) is 10.6. The Bertz CT molecular complexity index is 1100. The number of ether oxygens (including phenoxy) is 1. The summed E-state index contributed by atoms with van der Waals surface area (Å²) in [4.78, 5) is 12.3. The first-order chi connectivity index (χ1) is 15.3. The fourth-order valence-corrected chi connectivity index (χ4v) is 5.09. The third kappa shape index (κ3) is 6.65. The van der Waals surface area contributed by atoms with Crippen LogP contribution in [0.4, 0.5) is 15.8 Å². The molecule has 0 saturated heterocycles. The molecule has 0 bridgehead atoms. The van der Waals surface area contributed by atoms with E-state index in [1.54, 1.807) is 26.0 Å². The van der Waals surface area contributed by atoms with Gasteiger partial charge in [-0.15, -0.1) is 0 Å². The fourth-order valence-electron chi connectivity index (χ4n) is 3.51. The van der Waals surface area contributed by atoms with E-state index in [0.717, 1.165) is 0 Å². The maximum atomic E-state index is 14.8. The predicted octanol–water partition coefficient (Wildman–Crippen LogP) is 4.41. The van der Waals surface area contributed by atoms with Gasteiger partial charge in [0.2, 0.25) is 5.91 Å². The van der Waals surface area contributed by atoms with Crippen molar-refractivity contribution in [3.05, 3.63) is 47.5 Å². The van der Waals surface area contributed by atoms with Crippen molar-refractivity contribution >= 4 is 36.5 Å². The van der Waals surface area contributed by atoms with Crippen LogP contribution in [0.15, 0.2) is 41.3 Å². The van der Waals surface area contributed by atoms with Gasteiger partial charge in [-0.05, 0) is 50.5 Å². The van der Waals surface area contributed by atoms with Crippen LogP contribution in [0.1, 0.15) is 38.8 Å². The van der Waals surface area contributed by atoms with Gasteiger partial charge >= 0.3 is 0 Å². The van der Waals surface area contributed by atoms with Crippen LogP contribution in [0.5, 0.6) is 5.75 Å². The zero-order valence-electron chi connectivity index (χ0n) is 19.5. The number of hydrogen-bond acceptors (Lipinski definition) is 5. The van der Waals surface area contributed by atoms with E-state index in [9.17, 15) is 22.7 Å². The second-order valence-electron chi connectivity index (χ2n) is 8.30. The van der Waals surface area contributed by atoms with E-state index in [-0.39, 0.29) is 46.9 Å². The molecule has 2 aromatic rings. The van der Waals surface area contributed by atoms with Gasteiger partial charge in [-0.25, -0.2) is 12.8 Å². The Morgan fingerprint density at radius 1 is 1.27 bits per heavy atom. The lowest BCUT2D eigenvalue weighted by Gasteiger charge is -2.23. The number of aliphatic hydroxyl groups is 1. The second-order valence-corrected chi connectivity index (χ2v) is 11.0. The average Bonchev–Trinajstić information content (AvgIpc) is 2.67. The number of halogens is 1. The van der Waals surface area contributed by atoms with E-state index < -0.39 is 21.4 Å². The summed E-state index contributed by atoms with van der Waals surface area (Å²) >= 11 is 0. The van der Waals surface area contributed by atoms with Gasteiger partial charge in [0.1, 0.15) is 16.1 Å². The van der Waals surface area contributed by atoms with Gasteiger partial charge in [0, 0.05) is 17.3 Å². The topological polar surface area (TPSA) is 105 Å². The smallest absolute Gasteiger partial charge is 0.265 e. The Kier molecular flexibility index (Phi) is 8.85. The van der Waals surface area contributed by atoms with Crippen LogP contribution < -0.4 is 14.8 Å². The molecule has 3 N–H and O–H groups in total. The standard InChI is InChI=1S/C23H32FN2O5PS/c1-6-31-19-12-16(25-22(28)17(13-27)14(2)3)10-11-20(19)33(29,30)26-18-9-7-8-15(4)21(18)23(5,24)32/h7-12,14,17,26-27H,6,13,32H2,1-5H3,(H,25,28)/t17-,23?/m0/s1. The number of nitrogens with one attached hydrogen (secondary N) is 2. The summed E-state index contributed by atoms with van der Waals surface area (Å²) in [6, 6.07) is 9.01. The molecule has 2 aromatic carbocycles. The van der Waals surface area contributed by atoms with Crippen molar-refractivity contribution < 1.29 is 27.4 Å². The summed E-state index contributed by atoms with van der Waals surface area (Å²) in [5.41, 5.74) is 1.27. The molecule has 0 fully saturated rings. The number of anilines is 2. The van der Waals surface area contributed by atoms with Crippen LogP contribution in [0, 0.1) is 18.8 Å². The summed E-state index contributed by atoms with van der Waals surface area (Å²) in [6.07, 6.45) is 0. The molecule has 2 rings (SSSR count). The number of sulfonamides is 1. The highest BCUT2D eigenvalue weighted by Crippen LogP contribution is 2.40. The van der Waals surface area contributed by atoms with E-state index in [1.807, 2.05) is 13.8 Å². The van der Waals surface area contributed by atoms with Crippen molar-refractivity contribution in [2.45, 2.75) is 44.9 Å². The summed E-state index contributed by atoms with van der Waals surface area (Å²) in [6.45, 7) is 8.27. The predicted molar refractivity (Wildman–Crippen MR) is 132 cm³/mol. The molecule has 0 heterocycles. The summed E-state index contributed by atoms with van der Waals surface area (Å²) < 4.78 is 49.3. The molecule has 0 spiro atoms. The molecule has 0 aromatic heterocycles. The van der Waals surface area contributed by atoms with E-state index in [4.69, 9.17) is 4.74 Å². The molecule has 182 valence electrons. The molecule has 7 nitrogen and oxygen atoms in total. The highest BCUT2D eigenvalue weighted by molar-refractivity contribution is 7.92. The maximum Gasteiger partial charge on any atom is 0.265 e. The van der Waals surface area contributed by atoms with E-state index in [0.29, 0.717) is 11.3 Å². The van der Waals surface area contributed by atoms with Gasteiger partial charge in [0.05, 0.1) is 24.8 Å². The van der Waals surface area contributed by atoms with Gasteiger partial charge in [-0.3, -0.25) is 9.52 Å². The molecule has 2 unspecified atom stereocenters. The minimum Gasteiger partial charge on any atom is -0.492 e.